The maximum atomic E-state index is 10.8. The minimum atomic E-state index is -0.100. The molecule has 1 amide bonds. The molecule has 0 aliphatic carbocycles. The number of nitrogens with one attached hydrogen (secondary N) is 1. The molecular weight excluding hydrogens is 146 g/mol. The van der Waals surface area contributed by atoms with Crippen LogP contribution >= 0.6 is 12.6 Å². The highest BCUT2D eigenvalue weighted by Gasteiger charge is 2.37. The molecule has 1 fully saturated rings. The van der Waals surface area contributed by atoms with E-state index in [0.29, 0.717) is 18.9 Å². The lowest BCUT2D eigenvalue weighted by Crippen LogP contribution is -2.30. The molecule has 1 atom stereocenters. The molecule has 10 heavy (non-hydrogen) atoms. The van der Waals surface area contributed by atoms with E-state index in [4.69, 9.17) is 0 Å². The molecule has 58 valence electrons. The van der Waals surface area contributed by atoms with Gasteiger partial charge in [-0.2, -0.15) is 12.6 Å². The molecule has 0 bridgehead atoms. The predicted octanol–water partition coefficient (Wildman–Crippen LogP) is 0.831. The van der Waals surface area contributed by atoms with Crippen LogP contribution in [-0.2, 0) is 4.79 Å². The van der Waals surface area contributed by atoms with E-state index in [2.05, 4.69) is 31.8 Å². The van der Waals surface area contributed by atoms with Gasteiger partial charge in [0.15, 0.2) is 0 Å². The molecule has 3 heteroatoms. The van der Waals surface area contributed by atoms with Gasteiger partial charge < -0.3 is 5.32 Å². The van der Waals surface area contributed by atoms with Crippen molar-refractivity contribution in [1.29, 1.82) is 0 Å². The SMILES string of the molecule is CC(C)C1(S)CNC(=O)C1. The van der Waals surface area contributed by atoms with Gasteiger partial charge in [0.05, 0.1) is 0 Å². The van der Waals surface area contributed by atoms with Crippen LogP contribution in [0.1, 0.15) is 20.3 Å². The second-order valence-corrected chi connectivity index (χ2v) is 4.10. The third-order valence-electron chi connectivity index (χ3n) is 2.13. The van der Waals surface area contributed by atoms with Gasteiger partial charge in [0.1, 0.15) is 0 Å². The lowest BCUT2D eigenvalue weighted by molar-refractivity contribution is -0.119. The van der Waals surface area contributed by atoms with Crippen LogP contribution in [0.25, 0.3) is 0 Å². The maximum absolute atomic E-state index is 10.8. The van der Waals surface area contributed by atoms with Crippen LogP contribution in [-0.4, -0.2) is 17.2 Å². The zero-order valence-electron chi connectivity index (χ0n) is 6.35. The summed E-state index contributed by atoms with van der Waals surface area (Å²) in [5, 5.41) is 2.78. The van der Waals surface area contributed by atoms with Gasteiger partial charge in [-0.1, -0.05) is 13.8 Å². The van der Waals surface area contributed by atoms with Gasteiger partial charge in [-0.3, -0.25) is 4.79 Å². The Labute approximate surface area is 66.8 Å². The Bertz CT molecular complexity index is 158. The Morgan fingerprint density at radius 2 is 2.30 bits per heavy atom. The van der Waals surface area contributed by atoms with Crippen molar-refractivity contribution in [1.82, 2.24) is 5.32 Å². The first-order valence-corrected chi connectivity index (χ1v) is 3.98. The molecule has 0 aromatic rings. The first kappa shape index (κ1) is 7.92. The zero-order valence-corrected chi connectivity index (χ0v) is 7.24. The van der Waals surface area contributed by atoms with Gasteiger partial charge >= 0.3 is 0 Å². The number of hydrogen-bond acceptors (Lipinski definition) is 2. The van der Waals surface area contributed by atoms with Crippen molar-refractivity contribution in [2.24, 2.45) is 5.92 Å². The van der Waals surface area contributed by atoms with Crippen molar-refractivity contribution >= 4 is 18.5 Å². The Morgan fingerprint density at radius 1 is 1.70 bits per heavy atom. The number of carbonyl (C=O) groups is 1. The van der Waals surface area contributed by atoms with E-state index in [1.165, 1.54) is 0 Å². The summed E-state index contributed by atoms with van der Waals surface area (Å²) >= 11 is 4.45. The molecule has 1 unspecified atom stereocenters. The minimum absolute atomic E-state index is 0.100. The number of hydrogen-bond donors (Lipinski definition) is 2. The first-order chi connectivity index (χ1) is 4.54. The topological polar surface area (TPSA) is 29.1 Å². The van der Waals surface area contributed by atoms with Crippen molar-refractivity contribution in [2.75, 3.05) is 6.54 Å². The van der Waals surface area contributed by atoms with Crippen molar-refractivity contribution in [3.63, 3.8) is 0 Å². The Kier molecular flexibility index (Phi) is 1.95. The van der Waals surface area contributed by atoms with Crippen molar-refractivity contribution in [3.05, 3.63) is 0 Å². The van der Waals surface area contributed by atoms with Crippen LogP contribution in [0, 0.1) is 5.92 Å². The molecule has 1 saturated heterocycles. The van der Waals surface area contributed by atoms with Crippen molar-refractivity contribution in [2.45, 2.75) is 25.0 Å². The third-order valence-corrected chi connectivity index (χ3v) is 2.97. The molecule has 0 aromatic carbocycles. The zero-order chi connectivity index (χ0) is 7.78. The number of rotatable bonds is 1. The molecule has 1 aliphatic rings. The average molecular weight is 159 g/mol. The summed E-state index contributed by atoms with van der Waals surface area (Å²) in [6.07, 6.45) is 0.563. The third kappa shape index (κ3) is 1.29. The van der Waals surface area contributed by atoms with Gasteiger partial charge in [0, 0.05) is 17.7 Å². The van der Waals surface area contributed by atoms with E-state index in [9.17, 15) is 4.79 Å². The fourth-order valence-corrected chi connectivity index (χ4v) is 1.29. The molecule has 1 N–H and O–H groups in total. The summed E-state index contributed by atoms with van der Waals surface area (Å²) in [7, 11) is 0. The van der Waals surface area contributed by atoms with Crippen LogP contribution in [0.15, 0.2) is 0 Å². The highest BCUT2D eigenvalue weighted by atomic mass is 32.1. The van der Waals surface area contributed by atoms with E-state index in [0.717, 1.165) is 0 Å². The summed E-state index contributed by atoms with van der Waals surface area (Å²) in [6.45, 7) is 4.90. The van der Waals surface area contributed by atoms with E-state index < -0.39 is 0 Å². The van der Waals surface area contributed by atoms with E-state index in [1.54, 1.807) is 0 Å². The van der Waals surface area contributed by atoms with Crippen LogP contribution in [0.3, 0.4) is 0 Å². The highest BCUT2D eigenvalue weighted by molar-refractivity contribution is 7.82. The number of carbonyl (C=O) groups excluding carboxylic acids is 1. The Balaban J connectivity index is 2.63. The normalized spacial score (nSPS) is 33.0. The Hall–Kier alpha value is -0.180. The summed E-state index contributed by atoms with van der Waals surface area (Å²) in [6, 6.07) is 0. The van der Waals surface area contributed by atoms with Crippen LogP contribution < -0.4 is 5.32 Å². The molecule has 0 saturated carbocycles. The summed E-state index contributed by atoms with van der Waals surface area (Å²) < 4.78 is -0.100. The van der Waals surface area contributed by atoms with E-state index in [-0.39, 0.29) is 10.7 Å². The summed E-state index contributed by atoms with van der Waals surface area (Å²) in [5.74, 6) is 0.582. The number of amides is 1. The molecule has 1 aliphatic heterocycles. The number of thiol groups is 1. The molecule has 1 rings (SSSR count). The largest absolute Gasteiger partial charge is 0.355 e. The lowest BCUT2D eigenvalue weighted by Gasteiger charge is -2.24. The second-order valence-electron chi connectivity index (χ2n) is 3.21. The molecular formula is C7H13NOS. The predicted molar refractivity (Wildman–Crippen MR) is 44.2 cm³/mol. The van der Waals surface area contributed by atoms with Crippen LogP contribution in [0.4, 0.5) is 0 Å². The van der Waals surface area contributed by atoms with Crippen molar-refractivity contribution in [3.8, 4) is 0 Å². The molecule has 0 radical (unpaired) electrons. The lowest BCUT2D eigenvalue weighted by atomic mass is 9.94. The maximum Gasteiger partial charge on any atom is 0.221 e. The molecule has 1 heterocycles. The Morgan fingerprint density at radius 3 is 2.50 bits per heavy atom. The first-order valence-electron chi connectivity index (χ1n) is 3.54. The quantitative estimate of drug-likeness (QED) is 0.545. The van der Waals surface area contributed by atoms with Crippen LogP contribution in [0.2, 0.25) is 0 Å². The molecule has 0 aromatic heterocycles. The van der Waals surface area contributed by atoms with Gasteiger partial charge in [0.2, 0.25) is 5.91 Å². The van der Waals surface area contributed by atoms with Gasteiger partial charge in [-0.05, 0) is 5.92 Å². The smallest absolute Gasteiger partial charge is 0.221 e. The van der Waals surface area contributed by atoms with Gasteiger partial charge in [-0.15, -0.1) is 0 Å². The summed E-state index contributed by atoms with van der Waals surface area (Å²) in [4.78, 5) is 10.8. The second kappa shape index (κ2) is 2.46. The fourth-order valence-electron chi connectivity index (χ4n) is 1.06. The monoisotopic (exact) mass is 159 g/mol. The van der Waals surface area contributed by atoms with Crippen molar-refractivity contribution < 1.29 is 4.79 Å². The van der Waals surface area contributed by atoms with E-state index >= 15 is 0 Å². The average Bonchev–Trinajstić information content (AvgIpc) is 2.13. The summed E-state index contributed by atoms with van der Waals surface area (Å²) in [5.41, 5.74) is 0. The molecule has 2 nitrogen and oxygen atoms in total. The standard InChI is InChI=1S/C7H13NOS/c1-5(2)7(10)3-6(9)8-4-7/h5,10H,3-4H2,1-2H3,(H,8,9). The minimum Gasteiger partial charge on any atom is -0.355 e. The van der Waals surface area contributed by atoms with Gasteiger partial charge in [-0.25, -0.2) is 0 Å². The molecule has 0 spiro atoms. The van der Waals surface area contributed by atoms with E-state index in [1.807, 2.05) is 0 Å². The van der Waals surface area contributed by atoms with Gasteiger partial charge in [0.25, 0.3) is 0 Å². The van der Waals surface area contributed by atoms with Crippen LogP contribution in [0.5, 0.6) is 0 Å². The highest BCUT2D eigenvalue weighted by Crippen LogP contribution is 2.31. The fraction of sp³-hybridized carbons (Fsp3) is 0.857.